The van der Waals surface area contributed by atoms with Gasteiger partial charge in [-0.2, -0.15) is 0 Å². The van der Waals surface area contributed by atoms with Crippen molar-refractivity contribution in [3.05, 3.63) is 0 Å². The van der Waals surface area contributed by atoms with Gasteiger partial charge in [-0.3, -0.25) is 4.90 Å². The summed E-state index contributed by atoms with van der Waals surface area (Å²) >= 11 is 0. The maximum Gasteiger partial charge on any atom is 0.0480 e. The summed E-state index contributed by atoms with van der Waals surface area (Å²) in [6.07, 6.45) is 11.6. The quantitative estimate of drug-likeness (QED) is 0.629. The lowest BCUT2D eigenvalue weighted by atomic mass is 9.85. The largest absolute Gasteiger partial charge is 0.381 e. The van der Waals surface area contributed by atoms with Crippen molar-refractivity contribution in [3.8, 4) is 0 Å². The molecule has 0 aromatic rings. The van der Waals surface area contributed by atoms with E-state index >= 15 is 0 Å². The smallest absolute Gasteiger partial charge is 0.0480 e. The van der Waals surface area contributed by atoms with Gasteiger partial charge in [-0.25, -0.2) is 0 Å². The molecule has 164 valence electrons. The van der Waals surface area contributed by atoms with Gasteiger partial charge in [0.05, 0.1) is 0 Å². The summed E-state index contributed by atoms with van der Waals surface area (Å²) in [5, 5.41) is 7.88. The highest BCUT2D eigenvalue weighted by atomic mass is 16.5. The maximum absolute atomic E-state index is 5.50. The first-order chi connectivity index (χ1) is 13.6. The molecule has 1 unspecified atom stereocenters. The first-order valence-corrected chi connectivity index (χ1v) is 12.1. The molecule has 5 heteroatoms. The van der Waals surface area contributed by atoms with Crippen LogP contribution in [0.5, 0.6) is 0 Å². The van der Waals surface area contributed by atoms with Crippen molar-refractivity contribution in [1.82, 2.24) is 20.4 Å². The molecule has 3 aliphatic heterocycles. The standard InChI is InChI=1S/C23H46N4O/c1-4-5-6-22(19-24-20-9-17-28-18-10-20)25-21-7-13-27(14-8-21)23(2)11-15-26(3)16-12-23/h20-22,24-25H,4-19H2,1-3H3. The van der Waals surface area contributed by atoms with Gasteiger partial charge in [0.15, 0.2) is 0 Å². The van der Waals surface area contributed by atoms with Gasteiger partial charge in [0.25, 0.3) is 0 Å². The Balaban J connectivity index is 1.42. The predicted octanol–water partition coefficient (Wildman–Crippen LogP) is 2.85. The predicted molar refractivity (Wildman–Crippen MR) is 118 cm³/mol. The fourth-order valence-electron chi connectivity index (χ4n) is 5.24. The number of ether oxygens (including phenoxy) is 1. The fourth-order valence-corrected chi connectivity index (χ4v) is 5.24. The molecule has 0 saturated carbocycles. The number of rotatable bonds is 9. The Kier molecular flexibility index (Phi) is 9.04. The van der Waals surface area contributed by atoms with E-state index in [-0.39, 0.29) is 0 Å². The fraction of sp³-hybridized carbons (Fsp3) is 1.00. The van der Waals surface area contributed by atoms with E-state index in [0.29, 0.717) is 23.7 Å². The second kappa shape index (κ2) is 11.3. The van der Waals surface area contributed by atoms with E-state index in [1.807, 2.05) is 0 Å². The first kappa shape index (κ1) is 22.5. The highest BCUT2D eigenvalue weighted by Crippen LogP contribution is 2.30. The Morgan fingerprint density at radius 2 is 1.68 bits per heavy atom. The Hall–Kier alpha value is -0.200. The van der Waals surface area contributed by atoms with Crippen LogP contribution < -0.4 is 10.6 Å². The van der Waals surface area contributed by atoms with Gasteiger partial charge in [0.2, 0.25) is 0 Å². The molecule has 2 N–H and O–H groups in total. The van der Waals surface area contributed by atoms with Crippen LogP contribution >= 0.6 is 0 Å². The highest BCUT2D eigenvalue weighted by Gasteiger charge is 2.36. The summed E-state index contributed by atoms with van der Waals surface area (Å²) < 4.78 is 5.50. The summed E-state index contributed by atoms with van der Waals surface area (Å²) in [7, 11) is 2.26. The molecule has 3 saturated heterocycles. The Bertz CT molecular complexity index is 424. The highest BCUT2D eigenvalue weighted by molar-refractivity contribution is 4.94. The third-order valence-electron chi connectivity index (χ3n) is 7.57. The molecule has 3 heterocycles. The van der Waals surface area contributed by atoms with E-state index in [1.165, 1.54) is 84.0 Å². The second-order valence-electron chi connectivity index (χ2n) is 9.86. The number of hydrogen-bond donors (Lipinski definition) is 2. The molecule has 0 bridgehead atoms. The molecule has 1 atom stereocenters. The Morgan fingerprint density at radius 1 is 1.00 bits per heavy atom. The molecule has 0 amide bonds. The van der Waals surface area contributed by atoms with Gasteiger partial charge < -0.3 is 20.3 Å². The molecule has 3 aliphatic rings. The molecule has 0 aliphatic carbocycles. The van der Waals surface area contributed by atoms with Crippen molar-refractivity contribution in [1.29, 1.82) is 0 Å². The average molecular weight is 395 g/mol. The molecule has 0 aromatic heterocycles. The summed E-state index contributed by atoms with van der Waals surface area (Å²) in [5.74, 6) is 0. The van der Waals surface area contributed by atoms with Crippen molar-refractivity contribution in [3.63, 3.8) is 0 Å². The number of unbranched alkanes of at least 4 members (excludes halogenated alkanes) is 1. The van der Waals surface area contributed by atoms with Crippen molar-refractivity contribution >= 4 is 0 Å². The van der Waals surface area contributed by atoms with Crippen LogP contribution in [0.3, 0.4) is 0 Å². The van der Waals surface area contributed by atoms with Crippen LogP contribution in [-0.2, 0) is 4.74 Å². The molecule has 28 heavy (non-hydrogen) atoms. The maximum atomic E-state index is 5.50. The minimum atomic E-state index is 0.434. The zero-order chi connectivity index (χ0) is 19.8. The van der Waals surface area contributed by atoms with E-state index in [1.54, 1.807) is 0 Å². The lowest BCUT2D eigenvalue weighted by molar-refractivity contribution is 0.0200. The van der Waals surface area contributed by atoms with Crippen LogP contribution in [0.1, 0.15) is 71.6 Å². The van der Waals surface area contributed by atoms with Crippen LogP contribution in [0.25, 0.3) is 0 Å². The van der Waals surface area contributed by atoms with Gasteiger partial charge in [-0.1, -0.05) is 19.8 Å². The van der Waals surface area contributed by atoms with Crippen molar-refractivity contribution in [2.75, 3.05) is 53.0 Å². The third kappa shape index (κ3) is 6.66. The van der Waals surface area contributed by atoms with E-state index < -0.39 is 0 Å². The van der Waals surface area contributed by atoms with Crippen LogP contribution in [0.2, 0.25) is 0 Å². The summed E-state index contributed by atoms with van der Waals surface area (Å²) in [5.41, 5.74) is 0.434. The first-order valence-electron chi connectivity index (χ1n) is 12.1. The molecular formula is C23H46N4O. The van der Waals surface area contributed by atoms with Crippen molar-refractivity contribution in [2.24, 2.45) is 0 Å². The normalized spacial score (nSPS) is 27.1. The van der Waals surface area contributed by atoms with Crippen LogP contribution in [-0.4, -0.2) is 86.4 Å². The van der Waals surface area contributed by atoms with Gasteiger partial charge >= 0.3 is 0 Å². The minimum Gasteiger partial charge on any atom is -0.381 e. The van der Waals surface area contributed by atoms with Gasteiger partial charge in [0.1, 0.15) is 0 Å². The Labute approximate surface area is 173 Å². The molecule has 0 aromatic carbocycles. The third-order valence-corrected chi connectivity index (χ3v) is 7.57. The average Bonchev–Trinajstić information content (AvgIpc) is 2.73. The van der Waals surface area contributed by atoms with Crippen LogP contribution in [0, 0.1) is 0 Å². The monoisotopic (exact) mass is 394 g/mol. The van der Waals surface area contributed by atoms with E-state index in [2.05, 4.69) is 41.3 Å². The van der Waals surface area contributed by atoms with Gasteiger partial charge in [0, 0.05) is 56.5 Å². The van der Waals surface area contributed by atoms with E-state index in [9.17, 15) is 0 Å². The van der Waals surface area contributed by atoms with Gasteiger partial charge in [-0.05, 0) is 72.0 Å². The molecule has 5 nitrogen and oxygen atoms in total. The number of piperidine rings is 2. The molecule has 0 radical (unpaired) electrons. The number of nitrogens with one attached hydrogen (secondary N) is 2. The summed E-state index contributed by atoms with van der Waals surface area (Å²) in [6, 6.07) is 1.98. The zero-order valence-corrected chi connectivity index (χ0v) is 18.8. The summed E-state index contributed by atoms with van der Waals surface area (Å²) in [4.78, 5) is 5.29. The van der Waals surface area contributed by atoms with Gasteiger partial charge in [-0.15, -0.1) is 0 Å². The lowest BCUT2D eigenvalue weighted by Crippen LogP contribution is -2.58. The number of likely N-dealkylation sites (tertiary alicyclic amines) is 2. The zero-order valence-electron chi connectivity index (χ0n) is 18.8. The number of nitrogens with zero attached hydrogens (tertiary/aromatic N) is 2. The molecular weight excluding hydrogens is 348 g/mol. The van der Waals surface area contributed by atoms with Crippen molar-refractivity contribution in [2.45, 2.75) is 95.3 Å². The number of hydrogen-bond acceptors (Lipinski definition) is 5. The molecule has 3 fully saturated rings. The lowest BCUT2D eigenvalue weighted by Gasteiger charge is -2.49. The van der Waals surface area contributed by atoms with Crippen molar-refractivity contribution < 1.29 is 4.74 Å². The molecule has 0 spiro atoms. The molecule has 3 rings (SSSR count). The van der Waals surface area contributed by atoms with E-state index in [4.69, 9.17) is 4.74 Å². The van der Waals surface area contributed by atoms with E-state index in [0.717, 1.165) is 19.8 Å². The second-order valence-corrected chi connectivity index (χ2v) is 9.86. The topological polar surface area (TPSA) is 39.8 Å². The SMILES string of the molecule is CCCCC(CNC1CCOCC1)NC1CCN(C2(C)CCN(C)CC2)CC1. The Morgan fingerprint density at radius 3 is 2.32 bits per heavy atom. The van der Waals surface area contributed by atoms with Crippen LogP contribution in [0.4, 0.5) is 0 Å². The summed E-state index contributed by atoms with van der Waals surface area (Å²) in [6.45, 7) is 12.8. The van der Waals surface area contributed by atoms with Crippen LogP contribution in [0.15, 0.2) is 0 Å². The minimum absolute atomic E-state index is 0.434.